The van der Waals surface area contributed by atoms with E-state index >= 15 is 0 Å². The molecule has 1 aliphatic rings. The predicted molar refractivity (Wildman–Crippen MR) is 86.7 cm³/mol. The molecule has 0 atom stereocenters. The number of hydrogen-bond acceptors (Lipinski definition) is 1. The molecule has 114 valence electrons. The Kier molecular flexibility index (Phi) is 11.6. The van der Waals surface area contributed by atoms with Gasteiger partial charge in [-0.05, 0) is 31.8 Å². The van der Waals surface area contributed by atoms with Gasteiger partial charge in [-0.2, -0.15) is 0 Å². The van der Waals surface area contributed by atoms with Crippen LogP contribution in [0, 0.1) is 5.92 Å². The molecule has 0 aromatic heterocycles. The third-order valence-corrected chi connectivity index (χ3v) is 4.67. The lowest BCUT2D eigenvalue weighted by Crippen LogP contribution is -2.27. The first kappa shape index (κ1) is 17.0. The summed E-state index contributed by atoms with van der Waals surface area (Å²) in [4.78, 5) is 0. The van der Waals surface area contributed by atoms with Gasteiger partial charge >= 0.3 is 0 Å². The first-order valence-corrected chi connectivity index (χ1v) is 9.14. The lowest BCUT2D eigenvalue weighted by atomic mass is 9.92. The van der Waals surface area contributed by atoms with Crippen LogP contribution in [0.25, 0.3) is 0 Å². The zero-order valence-corrected chi connectivity index (χ0v) is 13.4. The van der Waals surface area contributed by atoms with Crippen LogP contribution in [0.2, 0.25) is 0 Å². The van der Waals surface area contributed by atoms with Crippen molar-refractivity contribution >= 4 is 0 Å². The summed E-state index contributed by atoms with van der Waals surface area (Å²) in [6.45, 7) is 4.83. The normalized spacial score (nSPS) is 16.9. The molecule has 0 aliphatic carbocycles. The summed E-state index contributed by atoms with van der Waals surface area (Å²) in [7, 11) is 0. The minimum Gasteiger partial charge on any atom is -0.317 e. The molecule has 0 aromatic carbocycles. The van der Waals surface area contributed by atoms with E-state index in [0.717, 1.165) is 5.92 Å². The van der Waals surface area contributed by atoms with Crippen molar-refractivity contribution in [3.63, 3.8) is 0 Å². The molecule has 1 saturated heterocycles. The van der Waals surface area contributed by atoms with E-state index in [4.69, 9.17) is 0 Å². The van der Waals surface area contributed by atoms with Crippen molar-refractivity contribution in [3.05, 3.63) is 0 Å². The molecular weight excluding hydrogens is 230 g/mol. The second-order valence-electron chi connectivity index (χ2n) is 6.52. The van der Waals surface area contributed by atoms with Gasteiger partial charge in [0.2, 0.25) is 0 Å². The smallest absolute Gasteiger partial charge is 0.00463 e. The Hall–Kier alpha value is -0.0400. The van der Waals surface area contributed by atoms with E-state index in [2.05, 4.69) is 12.2 Å². The Morgan fingerprint density at radius 1 is 0.684 bits per heavy atom. The molecule has 0 spiro atoms. The molecule has 1 nitrogen and oxygen atoms in total. The number of nitrogens with one attached hydrogen (secondary N) is 1. The highest BCUT2D eigenvalue weighted by Gasteiger charge is 2.11. The summed E-state index contributed by atoms with van der Waals surface area (Å²) >= 11 is 0. The maximum atomic E-state index is 3.46. The van der Waals surface area contributed by atoms with Gasteiger partial charge in [0.25, 0.3) is 0 Å². The topological polar surface area (TPSA) is 12.0 Å². The Balaban J connectivity index is 1.71. The zero-order chi connectivity index (χ0) is 13.6. The number of rotatable bonds is 12. The summed E-state index contributed by atoms with van der Waals surface area (Å²) in [5.74, 6) is 1.04. The molecule has 1 heteroatoms. The second kappa shape index (κ2) is 13.0. The molecule has 1 heterocycles. The summed E-state index contributed by atoms with van der Waals surface area (Å²) in [6.07, 6.45) is 20.5. The SMILES string of the molecule is CCCCCCCCCCCCCC1CCNCC1. The highest BCUT2D eigenvalue weighted by Crippen LogP contribution is 2.20. The summed E-state index contributed by atoms with van der Waals surface area (Å²) in [5, 5.41) is 3.46. The molecule has 0 bridgehead atoms. The number of unbranched alkanes of at least 4 members (excludes halogenated alkanes) is 10. The van der Waals surface area contributed by atoms with Crippen LogP contribution >= 0.6 is 0 Å². The Bertz CT molecular complexity index is 173. The lowest BCUT2D eigenvalue weighted by molar-refractivity contribution is 0.342. The van der Waals surface area contributed by atoms with Gasteiger partial charge in [-0.3, -0.25) is 0 Å². The van der Waals surface area contributed by atoms with Gasteiger partial charge in [0.1, 0.15) is 0 Å². The van der Waals surface area contributed by atoms with Crippen LogP contribution in [-0.2, 0) is 0 Å². The first-order valence-electron chi connectivity index (χ1n) is 9.14. The molecule has 0 saturated carbocycles. The van der Waals surface area contributed by atoms with E-state index < -0.39 is 0 Å². The molecular formula is C18H37N. The van der Waals surface area contributed by atoms with Crippen molar-refractivity contribution in [2.24, 2.45) is 5.92 Å². The quantitative estimate of drug-likeness (QED) is 0.448. The monoisotopic (exact) mass is 267 g/mol. The maximum absolute atomic E-state index is 3.46. The van der Waals surface area contributed by atoms with Crippen molar-refractivity contribution in [1.29, 1.82) is 0 Å². The Morgan fingerprint density at radius 2 is 1.16 bits per heavy atom. The van der Waals surface area contributed by atoms with Gasteiger partial charge < -0.3 is 5.32 Å². The third-order valence-electron chi connectivity index (χ3n) is 4.67. The average Bonchev–Trinajstić information content (AvgIpc) is 2.46. The van der Waals surface area contributed by atoms with Gasteiger partial charge in [-0.15, -0.1) is 0 Å². The Labute approximate surface area is 121 Å². The maximum Gasteiger partial charge on any atom is -0.00463 e. The summed E-state index contributed by atoms with van der Waals surface area (Å²) in [5.41, 5.74) is 0. The molecule has 1 fully saturated rings. The summed E-state index contributed by atoms with van der Waals surface area (Å²) in [6, 6.07) is 0. The van der Waals surface area contributed by atoms with Crippen LogP contribution in [0.4, 0.5) is 0 Å². The molecule has 1 aliphatic heterocycles. The van der Waals surface area contributed by atoms with Crippen LogP contribution in [0.15, 0.2) is 0 Å². The van der Waals surface area contributed by atoms with Gasteiger partial charge in [0.05, 0.1) is 0 Å². The first-order chi connectivity index (χ1) is 9.43. The van der Waals surface area contributed by atoms with Crippen LogP contribution < -0.4 is 5.32 Å². The van der Waals surface area contributed by atoms with Crippen LogP contribution in [-0.4, -0.2) is 13.1 Å². The zero-order valence-electron chi connectivity index (χ0n) is 13.4. The second-order valence-corrected chi connectivity index (χ2v) is 6.52. The van der Waals surface area contributed by atoms with E-state index in [-0.39, 0.29) is 0 Å². The van der Waals surface area contributed by atoms with Crippen LogP contribution in [0.5, 0.6) is 0 Å². The van der Waals surface area contributed by atoms with Gasteiger partial charge in [0, 0.05) is 0 Å². The fourth-order valence-electron chi connectivity index (χ4n) is 3.27. The van der Waals surface area contributed by atoms with E-state index in [0.29, 0.717) is 0 Å². The summed E-state index contributed by atoms with van der Waals surface area (Å²) < 4.78 is 0. The standard InChI is InChI=1S/C18H37N/c1-2-3-4-5-6-7-8-9-10-11-12-13-18-14-16-19-17-15-18/h18-19H,2-17H2,1H3. The van der Waals surface area contributed by atoms with Crippen molar-refractivity contribution in [2.45, 2.75) is 96.8 Å². The highest BCUT2D eigenvalue weighted by atomic mass is 14.9. The van der Waals surface area contributed by atoms with E-state index in [1.165, 1.54) is 103 Å². The fourth-order valence-corrected chi connectivity index (χ4v) is 3.27. The largest absolute Gasteiger partial charge is 0.317 e. The average molecular weight is 268 g/mol. The van der Waals surface area contributed by atoms with Crippen LogP contribution in [0.1, 0.15) is 96.8 Å². The fraction of sp³-hybridized carbons (Fsp3) is 1.00. The highest BCUT2D eigenvalue weighted by molar-refractivity contribution is 4.68. The minimum atomic E-state index is 1.04. The minimum absolute atomic E-state index is 1.04. The van der Waals surface area contributed by atoms with Crippen LogP contribution in [0.3, 0.4) is 0 Å². The van der Waals surface area contributed by atoms with Crippen molar-refractivity contribution in [2.75, 3.05) is 13.1 Å². The van der Waals surface area contributed by atoms with Gasteiger partial charge in [-0.25, -0.2) is 0 Å². The molecule has 0 radical (unpaired) electrons. The number of hydrogen-bond donors (Lipinski definition) is 1. The molecule has 1 N–H and O–H groups in total. The molecule has 0 aromatic rings. The van der Waals surface area contributed by atoms with Gasteiger partial charge in [-0.1, -0.05) is 84.0 Å². The van der Waals surface area contributed by atoms with E-state index in [1.54, 1.807) is 0 Å². The van der Waals surface area contributed by atoms with Gasteiger partial charge in [0.15, 0.2) is 0 Å². The lowest BCUT2D eigenvalue weighted by Gasteiger charge is -2.22. The predicted octanol–water partition coefficient (Wildman–Crippen LogP) is 5.69. The van der Waals surface area contributed by atoms with E-state index in [1.807, 2.05) is 0 Å². The molecule has 0 unspecified atom stereocenters. The van der Waals surface area contributed by atoms with E-state index in [9.17, 15) is 0 Å². The number of piperidine rings is 1. The molecule has 1 rings (SSSR count). The van der Waals surface area contributed by atoms with Crippen molar-refractivity contribution in [1.82, 2.24) is 5.32 Å². The third kappa shape index (κ3) is 10.4. The molecule has 19 heavy (non-hydrogen) atoms. The van der Waals surface area contributed by atoms with Crippen molar-refractivity contribution < 1.29 is 0 Å². The Morgan fingerprint density at radius 3 is 1.68 bits per heavy atom. The molecule has 0 amide bonds. The van der Waals surface area contributed by atoms with Crippen molar-refractivity contribution in [3.8, 4) is 0 Å².